The lowest BCUT2D eigenvalue weighted by Crippen LogP contribution is -1.99. The molecule has 0 unspecified atom stereocenters. The Hall–Kier alpha value is -9.64. The summed E-state index contributed by atoms with van der Waals surface area (Å²) in [5.74, 6) is 0. The molecule has 74 heavy (non-hydrogen) atoms. The molecule has 4 nitrogen and oxygen atoms in total. The molecule has 0 aliphatic carbocycles. The molecule has 0 spiro atoms. The number of pyridine rings is 2. The molecule has 15 rings (SSSR count). The van der Waals surface area contributed by atoms with Gasteiger partial charge in [0.2, 0.25) is 0 Å². The van der Waals surface area contributed by atoms with E-state index >= 15 is 0 Å². The number of nitrogens with zero attached hydrogens (tertiary/aromatic N) is 4. The number of rotatable bonds is 6. The van der Waals surface area contributed by atoms with E-state index in [4.69, 9.17) is 9.97 Å². The minimum Gasteiger partial charge on any atom is -0.309 e. The smallest absolute Gasteiger partial charge is 0.0730 e. The van der Waals surface area contributed by atoms with Gasteiger partial charge in [-0.3, -0.25) is 0 Å². The predicted octanol–water partition coefficient (Wildman–Crippen LogP) is 19.0. The van der Waals surface area contributed by atoms with Crippen LogP contribution in [0, 0.1) is 0 Å². The summed E-state index contributed by atoms with van der Waals surface area (Å²) < 4.78 is 4.95. The second kappa shape index (κ2) is 17.6. The Morgan fingerprint density at radius 3 is 1.01 bits per heavy atom. The summed E-state index contributed by atoms with van der Waals surface area (Å²) in [4.78, 5) is 11.0. The van der Waals surface area contributed by atoms with Crippen LogP contribution < -0.4 is 0 Å². The average Bonchev–Trinajstić information content (AvgIpc) is 4.00. The molecule has 4 heteroatoms. The Morgan fingerprint density at radius 1 is 0.257 bits per heavy atom. The second-order valence-electron chi connectivity index (χ2n) is 19.0. The van der Waals surface area contributed by atoms with Crippen LogP contribution in [0.15, 0.2) is 255 Å². The average molecular weight is 945 g/mol. The van der Waals surface area contributed by atoms with E-state index in [0.29, 0.717) is 0 Å². The van der Waals surface area contributed by atoms with Gasteiger partial charge in [0.15, 0.2) is 0 Å². The molecule has 0 aliphatic heterocycles. The van der Waals surface area contributed by atoms with E-state index in [1.807, 2.05) is 13.8 Å². The highest BCUT2D eigenvalue weighted by molar-refractivity contribution is 6.26. The van der Waals surface area contributed by atoms with Crippen molar-refractivity contribution in [3.8, 4) is 56.4 Å². The van der Waals surface area contributed by atoms with Gasteiger partial charge in [0.25, 0.3) is 0 Å². The number of para-hydroxylation sites is 2. The first-order valence-corrected chi connectivity index (χ1v) is 25.6. The van der Waals surface area contributed by atoms with E-state index < -0.39 is 0 Å². The number of hydrogen-bond donors (Lipinski definition) is 0. The van der Waals surface area contributed by atoms with Crippen LogP contribution >= 0.6 is 0 Å². The standard InChI is InChI=1S/C68H42N4.C2H6/c1-5-17-47-35-51(29-25-43(47)13-1)60-39-55(40-61(69-60)52-30-26-44-14-2-6-18-48(44)36-52)71-65-24-12-10-22-59(65)67-66(71)34-33-58-57-21-9-11-23-64(57)72(68(58)67)56-41-62(53-31-27-45-15-3-7-19-49(45)37-53)70-63(42-56)54-32-28-46-16-4-8-20-50(46)38-54;1-2/h1-42H;1-2H3. The minimum atomic E-state index is 0.918. The number of benzene rings is 11. The molecular weight excluding hydrogens is 897 g/mol. The lowest BCUT2D eigenvalue weighted by Gasteiger charge is -2.15. The van der Waals surface area contributed by atoms with Crippen molar-refractivity contribution in [1.29, 1.82) is 0 Å². The zero-order valence-corrected chi connectivity index (χ0v) is 41.0. The molecule has 4 aromatic heterocycles. The van der Waals surface area contributed by atoms with Crippen LogP contribution in [0.3, 0.4) is 0 Å². The third-order valence-corrected chi connectivity index (χ3v) is 14.8. The number of fused-ring (bicyclic) bond motifs is 11. The van der Waals surface area contributed by atoms with Crippen molar-refractivity contribution in [3.63, 3.8) is 0 Å². The number of hydrogen-bond acceptors (Lipinski definition) is 2. The van der Waals surface area contributed by atoms with Crippen LogP contribution in [0.4, 0.5) is 0 Å². The van der Waals surface area contributed by atoms with Crippen LogP contribution in [0.5, 0.6) is 0 Å². The maximum atomic E-state index is 5.49. The first kappa shape index (κ1) is 43.2. The molecule has 0 aliphatic rings. The Kier molecular flexibility index (Phi) is 10.3. The Morgan fingerprint density at radius 2 is 0.595 bits per heavy atom. The molecular formula is C70H48N4. The van der Waals surface area contributed by atoms with Crippen molar-refractivity contribution < 1.29 is 0 Å². The highest BCUT2D eigenvalue weighted by Gasteiger charge is 2.23. The van der Waals surface area contributed by atoms with E-state index in [1.165, 1.54) is 64.6 Å². The molecule has 0 fully saturated rings. The van der Waals surface area contributed by atoms with Gasteiger partial charge < -0.3 is 9.13 Å². The van der Waals surface area contributed by atoms with E-state index in [2.05, 4.69) is 264 Å². The van der Waals surface area contributed by atoms with Gasteiger partial charge in [-0.1, -0.05) is 202 Å². The quantitative estimate of drug-likeness (QED) is 0.166. The largest absolute Gasteiger partial charge is 0.309 e. The van der Waals surface area contributed by atoms with Crippen molar-refractivity contribution in [3.05, 3.63) is 255 Å². The predicted molar refractivity (Wildman–Crippen MR) is 314 cm³/mol. The van der Waals surface area contributed by atoms with Crippen molar-refractivity contribution >= 4 is 86.7 Å². The molecule has 4 heterocycles. The van der Waals surface area contributed by atoms with Gasteiger partial charge >= 0.3 is 0 Å². The summed E-state index contributed by atoms with van der Waals surface area (Å²) in [7, 11) is 0. The zero-order valence-electron chi connectivity index (χ0n) is 41.0. The maximum Gasteiger partial charge on any atom is 0.0730 e. The van der Waals surface area contributed by atoms with E-state index in [9.17, 15) is 0 Å². The van der Waals surface area contributed by atoms with Crippen molar-refractivity contribution in [2.24, 2.45) is 0 Å². The minimum absolute atomic E-state index is 0.918. The highest BCUT2D eigenvalue weighted by Crippen LogP contribution is 2.44. The summed E-state index contributed by atoms with van der Waals surface area (Å²) in [6.07, 6.45) is 0. The molecule has 15 aromatic rings. The lowest BCUT2D eigenvalue weighted by atomic mass is 10.0. The molecule has 0 bridgehead atoms. The van der Waals surface area contributed by atoms with Crippen molar-refractivity contribution in [2.75, 3.05) is 0 Å². The van der Waals surface area contributed by atoms with Crippen molar-refractivity contribution in [2.45, 2.75) is 13.8 Å². The molecule has 348 valence electrons. The first-order valence-electron chi connectivity index (χ1n) is 25.6. The van der Waals surface area contributed by atoms with Crippen LogP contribution in [0.25, 0.3) is 143 Å². The van der Waals surface area contributed by atoms with Gasteiger partial charge in [0.05, 0.1) is 56.2 Å². The molecule has 0 saturated heterocycles. The fraction of sp³-hybridized carbons (Fsp3) is 0.0286. The number of aromatic nitrogens is 4. The molecule has 0 atom stereocenters. The Labute approximate surface area is 428 Å². The van der Waals surface area contributed by atoms with Crippen molar-refractivity contribution in [1.82, 2.24) is 19.1 Å². The van der Waals surface area contributed by atoms with Crippen LogP contribution in [0.2, 0.25) is 0 Å². The van der Waals surface area contributed by atoms with E-state index in [-0.39, 0.29) is 0 Å². The van der Waals surface area contributed by atoms with Gasteiger partial charge in [-0.15, -0.1) is 0 Å². The second-order valence-corrected chi connectivity index (χ2v) is 19.0. The monoisotopic (exact) mass is 944 g/mol. The Bertz CT molecular complexity index is 4510. The van der Waals surface area contributed by atoms with E-state index in [1.54, 1.807) is 0 Å². The maximum absolute atomic E-state index is 5.49. The molecule has 0 N–H and O–H groups in total. The van der Waals surface area contributed by atoms with Crippen LogP contribution in [-0.2, 0) is 0 Å². The van der Waals surface area contributed by atoms with Gasteiger partial charge in [0, 0.05) is 43.8 Å². The summed E-state index contributed by atoms with van der Waals surface area (Å²) in [5.41, 5.74) is 14.6. The lowest BCUT2D eigenvalue weighted by molar-refractivity contribution is 1.15. The van der Waals surface area contributed by atoms with Gasteiger partial charge in [-0.25, -0.2) is 9.97 Å². The third kappa shape index (κ3) is 7.14. The van der Waals surface area contributed by atoms with Crippen LogP contribution in [-0.4, -0.2) is 19.1 Å². The SMILES string of the molecule is CC.c1ccc2cc(-c3cc(-n4c5ccccc5c5c4ccc4c6ccccc6n(-c6cc(-c7ccc8ccccc8c7)nc(-c7ccc8ccccc8c7)c6)c45)cc(-c4ccc5ccccc5c4)n3)ccc2c1. The topological polar surface area (TPSA) is 35.6 Å². The summed E-state index contributed by atoms with van der Waals surface area (Å²) in [5, 5.41) is 14.3. The molecule has 0 radical (unpaired) electrons. The molecule has 11 aromatic carbocycles. The summed E-state index contributed by atoms with van der Waals surface area (Å²) in [6.45, 7) is 4.00. The normalized spacial score (nSPS) is 11.6. The fourth-order valence-electron chi connectivity index (χ4n) is 11.3. The summed E-state index contributed by atoms with van der Waals surface area (Å²) >= 11 is 0. The highest BCUT2D eigenvalue weighted by atomic mass is 15.0. The zero-order chi connectivity index (χ0) is 49.3. The van der Waals surface area contributed by atoms with Gasteiger partial charge in [0.1, 0.15) is 0 Å². The van der Waals surface area contributed by atoms with Gasteiger partial charge in [-0.2, -0.15) is 0 Å². The van der Waals surface area contributed by atoms with Gasteiger partial charge in [-0.05, 0) is 110 Å². The van der Waals surface area contributed by atoms with E-state index in [0.717, 1.165) is 78.5 Å². The first-order chi connectivity index (χ1) is 36.6. The molecule has 0 amide bonds. The van der Waals surface area contributed by atoms with Crippen LogP contribution in [0.1, 0.15) is 13.8 Å². The fourth-order valence-corrected chi connectivity index (χ4v) is 11.3. The molecule has 0 saturated carbocycles. The summed E-state index contributed by atoms with van der Waals surface area (Å²) in [6, 6.07) is 92.5. The third-order valence-electron chi connectivity index (χ3n) is 14.8. The Balaban J connectivity index is 0.00000249.